The maximum absolute atomic E-state index is 11.5. The highest BCUT2D eigenvalue weighted by molar-refractivity contribution is 7.80. The molecule has 8 heteroatoms. The van der Waals surface area contributed by atoms with Gasteiger partial charge in [0.1, 0.15) is 11.8 Å². The van der Waals surface area contributed by atoms with Crippen LogP contribution in [0.1, 0.15) is 30.4 Å². The first-order chi connectivity index (χ1) is 17.0. The SMILES string of the molecule is COc1cccc(-n2cccc2C2C(c3ccccn3)NC(=S)N2c2ccc(NC(C)=O)cc2)c1. The lowest BCUT2D eigenvalue weighted by Gasteiger charge is -2.29. The maximum Gasteiger partial charge on any atom is 0.221 e. The molecule has 2 atom stereocenters. The number of nitrogens with zero attached hydrogens (tertiary/aromatic N) is 3. The minimum Gasteiger partial charge on any atom is -0.497 e. The lowest BCUT2D eigenvalue weighted by atomic mass is 10.0. The number of thiocarbonyl (C=S) groups is 1. The molecule has 7 nitrogen and oxygen atoms in total. The summed E-state index contributed by atoms with van der Waals surface area (Å²) in [5.74, 6) is 0.675. The molecule has 1 aliphatic rings. The van der Waals surface area contributed by atoms with Gasteiger partial charge in [-0.1, -0.05) is 12.1 Å². The summed E-state index contributed by atoms with van der Waals surface area (Å²) in [5, 5.41) is 6.92. The topological polar surface area (TPSA) is 71.4 Å². The molecule has 2 aromatic heterocycles. The van der Waals surface area contributed by atoms with Gasteiger partial charge in [0.05, 0.1) is 18.8 Å². The molecular weight excluding hydrogens is 458 g/mol. The van der Waals surface area contributed by atoms with Crippen molar-refractivity contribution in [3.63, 3.8) is 0 Å². The Balaban J connectivity index is 1.61. The number of pyridine rings is 1. The zero-order chi connectivity index (χ0) is 24.4. The van der Waals surface area contributed by atoms with Crippen LogP contribution in [0.25, 0.3) is 5.69 Å². The van der Waals surface area contributed by atoms with E-state index in [1.54, 1.807) is 13.3 Å². The van der Waals surface area contributed by atoms with Crippen molar-refractivity contribution in [2.75, 3.05) is 17.3 Å². The van der Waals surface area contributed by atoms with E-state index >= 15 is 0 Å². The van der Waals surface area contributed by atoms with E-state index in [0.29, 0.717) is 5.11 Å². The third-order valence-electron chi connectivity index (χ3n) is 5.98. The number of anilines is 2. The molecular formula is C27H25N5O2S. The summed E-state index contributed by atoms with van der Waals surface area (Å²) >= 11 is 5.84. The molecule has 35 heavy (non-hydrogen) atoms. The van der Waals surface area contributed by atoms with Gasteiger partial charge < -0.3 is 24.8 Å². The van der Waals surface area contributed by atoms with E-state index in [0.717, 1.165) is 34.2 Å². The number of carbonyl (C=O) groups excluding carboxylic acids is 1. The van der Waals surface area contributed by atoms with Crippen LogP contribution < -0.4 is 20.3 Å². The fourth-order valence-electron chi connectivity index (χ4n) is 4.47. The van der Waals surface area contributed by atoms with Gasteiger partial charge in [-0.2, -0.15) is 0 Å². The number of hydrogen-bond acceptors (Lipinski definition) is 4. The molecule has 0 aliphatic carbocycles. The van der Waals surface area contributed by atoms with Crippen LogP contribution in [0, 0.1) is 0 Å². The van der Waals surface area contributed by atoms with Crippen molar-refractivity contribution in [1.82, 2.24) is 14.9 Å². The number of amides is 1. The van der Waals surface area contributed by atoms with Crippen molar-refractivity contribution in [2.24, 2.45) is 0 Å². The number of nitrogens with one attached hydrogen (secondary N) is 2. The van der Waals surface area contributed by atoms with Crippen LogP contribution in [0.5, 0.6) is 5.75 Å². The van der Waals surface area contributed by atoms with Crippen LogP contribution in [-0.4, -0.2) is 27.7 Å². The predicted octanol–water partition coefficient (Wildman–Crippen LogP) is 5.02. The first kappa shape index (κ1) is 22.6. The summed E-state index contributed by atoms with van der Waals surface area (Å²) in [6.07, 6.45) is 3.84. The Bertz CT molecular complexity index is 1350. The Hall–Kier alpha value is -4.17. The highest BCUT2D eigenvalue weighted by atomic mass is 32.1. The highest BCUT2D eigenvalue weighted by Crippen LogP contribution is 2.42. The molecule has 2 unspecified atom stereocenters. The smallest absolute Gasteiger partial charge is 0.221 e. The van der Waals surface area contributed by atoms with Crippen LogP contribution >= 0.6 is 12.2 Å². The molecule has 1 aliphatic heterocycles. The highest BCUT2D eigenvalue weighted by Gasteiger charge is 2.42. The number of hydrogen-bond donors (Lipinski definition) is 2. The number of aromatic nitrogens is 2. The summed E-state index contributed by atoms with van der Waals surface area (Å²) < 4.78 is 7.61. The van der Waals surface area contributed by atoms with Gasteiger partial charge in [0.25, 0.3) is 0 Å². The van der Waals surface area contributed by atoms with Gasteiger partial charge in [-0.05, 0) is 72.9 Å². The van der Waals surface area contributed by atoms with Gasteiger partial charge in [-0.25, -0.2) is 0 Å². The van der Waals surface area contributed by atoms with Crippen molar-refractivity contribution in [3.8, 4) is 11.4 Å². The Kier molecular flexibility index (Phi) is 6.20. The molecule has 1 fully saturated rings. The average Bonchev–Trinajstić information content (AvgIpc) is 3.49. The number of carbonyl (C=O) groups is 1. The normalized spacial score (nSPS) is 17.2. The summed E-state index contributed by atoms with van der Waals surface area (Å²) in [5.41, 5.74) is 4.58. The Morgan fingerprint density at radius 1 is 1.03 bits per heavy atom. The molecule has 176 valence electrons. The third kappa shape index (κ3) is 4.48. The minimum atomic E-state index is -0.176. The van der Waals surface area contributed by atoms with Crippen LogP contribution in [0.2, 0.25) is 0 Å². The quantitative estimate of drug-likeness (QED) is 0.376. The molecule has 1 amide bonds. The van der Waals surface area contributed by atoms with E-state index in [4.69, 9.17) is 17.0 Å². The molecule has 5 rings (SSSR count). The van der Waals surface area contributed by atoms with Gasteiger partial charge in [0.15, 0.2) is 5.11 Å². The molecule has 0 bridgehead atoms. The van der Waals surface area contributed by atoms with E-state index in [-0.39, 0.29) is 18.0 Å². The van der Waals surface area contributed by atoms with Gasteiger partial charge >= 0.3 is 0 Å². The Labute approximate surface area is 209 Å². The molecule has 0 radical (unpaired) electrons. The van der Waals surface area contributed by atoms with E-state index in [1.807, 2.05) is 72.9 Å². The summed E-state index contributed by atoms with van der Waals surface area (Å²) in [7, 11) is 1.67. The van der Waals surface area contributed by atoms with Crippen LogP contribution in [0.15, 0.2) is 91.3 Å². The molecule has 3 heterocycles. The predicted molar refractivity (Wildman–Crippen MR) is 141 cm³/mol. The van der Waals surface area contributed by atoms with Crippen molar-refractivity contribution in [3.05, 3.63) is 103 Å². The zero-order valence-corrected chi connectivity index (χ0v) is 20.2. The molecule has 0 spiro atoms. The van der Waals surface area contributed by atoms with Gasteiger partial charge in [-0.3, -0.25) is 9.78 Å². The van der Waals surface area contributed by atoms with Crippen molar-refractivity contribution >= 4 is 34.6 Å². The summed E-state index contributed by atoms with van der Waals surface area (Å²) in [6.45, 7) is 1.49. The van der Waals surface area contributed by atoms with Gasteiger partial charge in [-0.15, -0.1) is 0 Å². The summed E-state index contributed by atoms with van der Waals surface area (Å²) in [6, 6.07) is 25.3. The lowest BCUT2D eigenvalue weighted by Crippen LogP contribution is -2.30. The Morgan fingerprint density at radius 3 is 2.57 bits per heavy atom. The van der Waals surface area contributed by atoms with Crippen LogP contribution in [0.3, 0.4) is 0 Å². The second-order valence-electron chi connectivity index (χ2n) is 8.23. The van der Waals surface area contributed by atoms with Gasteiger partial charge in [0, 0.05) is 48.1 Å². The second-order valence-corrected chi connectivity index (χ2v) is 8.62. The number of rotatable bonds is 6. The lowest BCUT2D eigenvalue weighted by molar-refractivity contribution is -0.114. The molecule has 2 aromatic carbocycles. The molecule has 2 N–H and O–H groups in total. The standard InChI is InChI=1S/C27H25N5O2S/c1-18(33)29-19-11-13-20(14-12-19)32-26(25(30-27(32)35)23-9-3-4-15-28-23)24-10-6-16-31(24)21-7-5-8-22(17-21)34-2/h3-17,25-26H,1-2H3,(H,29,33)(H,30,35). The first-order valence-corrected chi connectivity index (χ1v) is 11.7. The van der Waals surface area contributed by atoms with Crippen molar-refractivity contribution in [1.29, 1.82) is 0 Å². The Morgan fingerprint density at radius 2 is 1.86 bits per heavy atom. The van der Waals surface area contributed by atoms with Crippen molar-refractivity contribution < 1.29 is 9.53 Å². The zero-order valence-electron chi connectivity index (χ0n) is 19.4. The number of ether oxygens (including phenoxy) is 1. The average molecular weight is 484 g/mol. The maximum atomic E-state index is 11.5. The minimum absolute atomic E-state index is 0.111. The second kappa shape index (κ2) is 9.60. The van der Waals surface area contributed by atoms with E-state index in [2.05, 4.69) is 37.2 Å². The van der Waals surface area contributed by atoms with E-state index in [1.165, 1.54) is 6.92 Å². The molecule has 0 saturated carbocycles. The fourth-order valence-corrected chi connectivity index (χ4v) is 4.82. The largest absolute Gasteiger partial charge is 0.497 e. The molecule has 1 saturated heterocycles. The van der Waals surface area contributed by atoms with Crippen molar-refractivity contribution in [2.45, 2.75) is 19.0 Å². The summed E-state index contributed by atoms with van der Waals surface area (Å²) in [4.78, 5) is 18.2. The van der Waals surface area contributed by atoms with E-state index < -0.39 is 0 Å². The van der Waals surface area contributed by atoms with Crippen LogP contribution in [0.4, 0.5) is 11.4 Å². The first-order valence-electron chi connectivity index (χ1n) is 11.2. The van der Waals surface area contributed by atoms with Crippen LogP contribution in [-0.2, 0) is 4.79 Å². The third-order valence-corrected chi connectivity index (χ3v) is 6.29. The number of methoxy groups -OCH3 is 1. The van der Waals surface area contributed by atoms with Gasteiger partial charge in [0.2, 0.25) is 5.91 Å². The number of benzene rings is 2. The monoisotopic (exact) mass is 483 g/mol. The fraction of sp³-hybridized carbons (Fsp3) is 0.148. The molecule has 4 aromatic rings. The van der Waals surface area contributed by atoms with E-state index in [9.17, 15) is 4.79 Å².